The number of aromatic nitrogens is 1. The molecule has 2 aromatic rings. The van der Waals surface area contributed by atoms with Gasteiger partial charge in [-0.15, -0.1) is 0 Å². The van der Waals surface area contributed by atoms with Crippen LogP contribution in [0.1, 0.15) is 17.3 Å². The van der Waals surface area contributed by atoms with E-state index in [2.05, 4.69) is 4.98 Å². The molecule has 0 aliphatic carbocycles. The summed E-state index contributed by atoms with van der Waals surface area (Å²) in [5, 5.41) is 0.359. The van der Waals surface area contributed by atoms with Crippen LogP contribution in [0.5, 0.6) is 0 Å². The van der Waals surface area contributed by atoms with Crippen LogP contribution < -0.4 is 5.73 Å². The number of nitrogens with zero attached hydrogens (tertiary/aromatic N) is 1. The van der Waals surface area contributed by atoms with Crippen molar-refractivity contribution in [3.05, 3.63) is 47.7 Å². The highest BCUT2D eigenvalue weighted by molar-refractivity contribution is 7.99. The van der Waals surface area contributed by atoms with Gasteiger partial charge in [-0.1, -0.05) is 11.8 Å². The van der Waals surface area contributed by atoms with Crippen molar-refractivity contribution in [3.63, 3.8) is 0 Å². The first kappa shape index (κ1) is 15.2. The molecule has 1 heterocycles. The van der Waals surface area contributed by atoms with Crippen LogP contribution in [0.2, 0.25) is 0 Å². The Balaban J connectivity index is 2.28. The molecular weight excluding hydrogens is 298 g/mol. The Bertz CT molecular complexity index is 680. The summed E-state index contributed by atoms with van der Waals surface area (Å²) in [6.07, 6.45) is 1.30. The summed E-state index contributed by atoms with van der Waals surface area (Å²) < 4.78 is 31.3. The van der Waals surface area contributed by atoms with Gasteiger partial charge in [0.15, 0.2) is 0 Å². The fourth-order valence-electron chi connectivity index (χ4n) is 1.56. The lowest BCUT2D eigenvalue weighted by Crippen LogP contribution is -2.08. The highest BCUT2D eigenvalue weighted by Crippen LogP contribution is 2.30. The minimum Gasteiger partial charge on any atom is -0.462 e. The Labute approximate surface area is 124 Å². The van der Waals surface area contributed by atoms with Crippen LogP contribution in [0.4, 0.5) is 14.5 Å². The van der Waals surface area contributed by atoms with E-state index in [9.17, 15) is 13.6 Å². The van der Waals surface area contributed by atoms with Crippen LogP contribution in [-0.2, 0) is 4.74 Å². The van der Waals surface area contributed by atoms with E-state index in [0.29, 0.717) is 5.03 Å². The number of carbonyl (C=O) groups excluding carboxylic acids is 1. The molecule has 0 unspecified atom stereocenters. The molecule has 0 spiro atoms. The lowest BCUT2D eigenvalue weighted by atomic mass is 10.2. The van der Waals surface area contributed by atoms with Crippen molar-refractivity contribution >= 4 is 23.4 Å². The maximum absolute atomic E-state index is 13.6. The Morgan fingerprint density at radius 3 is 2.81 bits per heavy atom. The van der Waals surface area contributed by atoms with Crippen molar-refractivity contribution in [2.24, 2.45) is 0 Å². The molecular formula is C14H12F2N2O2S. The highest BCUT2D eigenvalue weighted by atomic mass is 32.2. The first-order valence-electron chi connectivity index (χ1n) is 6.06. The summed E-state index contributed by atoms with van der Waals surface area (Å²) >= 11 is 0.965. The fourth-order valence-corrected chi connectivity index (χ4v) is 2.36. The van der Waals surface area contributed by atoms with Crippen LogP contribution >= 0.6 is 11.8 Å². The average molecular weight is 310 g/mol. The second kappa shape index (κ2) is 6.53. The number of ether oxygens (including phenoxy) is 1. The lowest BCUT2D eigenvalue weighted by Gasteiger charge is -2.07. The standard InChI is InChI=1S/C14H12F2N2O2S/c1-2-20-14(19)9-6-13(18-7-11(9)17)21-12-4-3-8(15)5-10(12)16/h3-7H,2,17H2,1H3. The molecule has 0 aliphatic rings. The number of hydrogen-bond acceptors (Lipinski definition) is 5. The van der Waals surface area contributed by atoms with Crippen molar-refractivity contribution in [2.45, 2.75) is 16.8 Å². The quantitative estimate of drug-likeness (QED) is 0.878. The zero-order valence-corrected chi connectivity index (χ0v) is 11.9. The molecule has 0 radical (unpaired) electrons. The van der Waals surface area contributed by atoms with Gasteiger partial charge in [0.1, 0.15) is 16.7 Å². The van der Waals surface area contributed by atoms with Gasteiger partial charge in [-0.3, -0.25) is 0 Å². The van der Waals surface area contributed by atoms with Gasteiger partial charge in [0.05, 0.1) is 24.1 Å². The normalized spacial score (nSPS) is 10.4. The van der Waals surface area contributed by atoms with Gasteiger partial charge in [0.2, 0.25) is 0 Å². The number of hydrogen-bond donors (Lipinski definition) is 1. The van der Waals surface area contributed by atoms with E-state index in [0.717, 1.165) is 23.9 Å². The third-order valence-electron chi connectivity index (χ3n) is 2.51. The summed E-state index contributed by atoms with van der Waals surface area (Å²) in [5.41, 5.74) is 6.01. The van der Waals surface area contributed by atoms with Crippen molar-refractivity contribution in [3.8, 4) is 0 Å². The molecule has 0 saturated heterocycles. The molecule has 0 amide bonds. The minimum absolute atomic E-state index is 0.164. The summed E-state index contributed by atoms with van der Waals surface area (Å²) in [6.45, 7) is 1.90. The predicted molar refractivity (Wildman–Crippen MR) is 75.1 cm³/mol. The first-order valence-corrected chi connectivity index (χ1v) is 6.88. The van der Waals surface area contributed by atoms with E-state index >= 15 is 0 Å². The Morgan fingerprint density at radius 1 is 1.38 bits per heavy atom. The predicted octanol–water partition coefficient (Wildman–Crippen LogP) is 3.27. The zero-order valence-electron chi connectivity index (χ0n) is 11.1. The van der Waals surface area contributed by atoms with Gasteiger partial charge >= 0.3 is 5.97 Å². The number of halogens is 2. The van der Waals surface area contributed by atoms with E-state index in [1.54, 1.807) is 6.92 Å². The van der Waals surface area contributed by atoms with E-state index in [4.69, 9.17) is 10.5 Å². The highest BCUT2D eigenvalue weighted by Gasteiger charge is 2.14. The van der Waals surface area contributed by atoms with Crippen molar-refractivity contribution in [1.82, 2.24) is 4.98 Å². The number of nitrogen functional groups attached to an aromatic ring is 1. The van der Waals surface area contributed by atoms with E-state index in [-0.39, 0.29) is 22.8 Å². The van der Waals surface area contributed by atoms with Crippen molar-refractivity contribution in [1.29, 1.82) is 0 Å². The monoisotopic (exact) mass is 310 g/mol. The van der Waals surface area contributed by atoms with Crippen LogP contribution in [0, 0.1) is 11.6 Å². The van der Waals surface area contributed by atoms with Crippen LogP contribution in [0.25, 0.3) is 0 Å². The summed E-state index contributed by atoms with van der Waals surface area (Å²) in [7, 11) is 0. The van der Waals surface area contributed by atoms with Crippen LogP contribution in [0.15, 0.2) is 40.4 Å². The van der Waals surface area contributed by atoms with E-state index < -0.39 is 17.6 Å². The molecule has 4 nitrogen and oxygen atoms in total. The van der Waals surface area contributed by atoms with Gasteiger partial charge in [-0.25, -0.2) is 18.6 Å². The SMILES string of the molecule is CCOC(=O)c1cc(Sc2ccc(F)cc2F)ncc1N. The second-order valence-electron chi connectivity index (χ2n) is 4.01. The second-order valence-corrected chi connectivity index (χ2v) is 5.07. The summed E-state index contributed by atoms with van der Waals surface area (Å²) in [4.78, 5) is 15.9. The molecule has 0 aliphatic heterocycles. The summed E-state index contributed by atoms with van der Waals surface area (Å²) in [5.74, 6) is -1.93. The van der Waals surface area contributed by atoms with Gasteiger partial charge in [0.25, 0.3) is 0 Å². The van der Waals surface area contributed by atoms with Crippen molar-refractivity contribution in [2.75, 3.05) is 12.3 Å². The molecule has 2 rings (SSSR count). The number of pyridine rings is 1. The molecule has 1 aromatic carbocycles. The summed E-state index contributed by atoms with van der Waals surface area (Å²) in [6, 6.07) is 4.65. The Morgan fingerprint density at radius 2 is 2.14 bits per heavy atom. The number of carbonyl (C=O) groups is 1. The molecule has 110 valence electrons. The molecule has 0 saturated carbocycles. The molecule has 21 heavy (non-hydrogen) atoms. The van der Waals surface area contributed by atoms with Crippen molar-refractivity contribution < 1.29 is 18.3 Å². The lowest BCUT2D eigenvalue weighted by molar-refractivity contribution is 0.0527. The Hall–Kier alpha value is -2.15. The average Bonchev–Trinajstić information content (AvgIpc) is 2.44. The minimum atomic E-state index is -0.698. The number of benzene rings is 1. The molecule has 0 atom stereocenters. The van der Waals surface area contributed by atoms with Crippen LogP contribution in [-0.4, -0.2) is 17.6 Å². The maximum Gasteiger partial charge on any atom is 0.340 e. The fraction of sp³-hybridized carbons (Fsp3) is 0.143. The van der Waals surface area contributed by atoms with Gasteiger partial charge in [-0.2, -0.15) is 0 Å². The number of rotatable bonds is 4. The molecule has 0 fully saturated rings. The van der Waals surface area contributed by atoms with E-state index in [1.807, 2.05) is 0 Å². The molecule has 1 aromatic heterocycles. The van der Waals surface area contributed by atoms with Gasteiger partial charge < -0.3 is 10.5 Å². The number of esters is 1. The maximum atomic E-state index is 13.6. The number of anilines is 1. The topological polar surface area (TPSA) is 65.2 Å². The smallest absolute Gasteiger partial charge is 0.340 e. The van der Waals surface area contributed by atoms with Gasteiger partial charge in [0, 0.05) is 11.0 Å². The Kier molecular flexibility index (Phi) is 4.74. The van der Waals surface area contributed by atoms with Crippen LogP contribution in [0.3, 0.4) is 0 Å². The largest absolute Gasteiger partial charge is 0.462 e. The van der Waals surface area contributed by atoms with Gasteiger partial charge in [-0.05, 0) is 25.1 Å². The third-order valence-corrected chi connectivity index (χ3v) is 3.50. The third kappa shape index (κ3) is 3.69. The zero-order chi connectivity index (χ0) is 15.4. The number of nitrogens with two attached hydrogens (primary N) is 1. The first-order chi connectivity index (χ1) is 10.0. The molecule has 2 N–H and O–H groups in total. The molecule has 7 heteroatoms. The van der Waals surface area contributed by atoms with E-state index in [1.165, 1.54) is 18.3 Å². The molecule has 0 bridgehead atoms.